The van der Waals surface area contributed by atoms with Gasteiger partial charge in [0.05, 0.1) is 0 Å². The van der Waals surface area contributed by atoms with E-state index in [0.29, 0.717) is 24.2 Å². The standard InChI is InChI=1S/C11H20ClNO/c1-2-3-4-7-11(14)13-8-5-6-10(13)9-12/h10H,2-9H2,1H3. The van der Waals surface area contributed by atoms with Crippen molar-refractivity contribution >= 4 is 17.5 Å². The summed E-state index contributed by atoms with van der Waals surface area (Å²) in [5, 5.41) is 0. The van der Waals surface area contributed by atoms with Crippen molar-refractivity contribution in [3.05, 3.63) is 0 Å². The molecule has 3 heteroatoms. The highest BCUT2D eigenvalue weighted by molar-refractivity contribution is 6.18. The molecule has 0 spiro atoms. The van der Waals surface area contributed by atoms with Gasteiger partial charge in [-0.3, -0.25) is 4.79 Å². The first-order chi connectivity index (χ1) is 6.79. The number of hydrogen-bond acceptors (Lipinski definition) is 1. The Labute approximate surface area is 91.6 Å². The molecular formula is C11H20ClNO. The summed E-state index contributed by atoms with van der Waals surface area (Å²) >= 11 is 5.81. The Morgan fingerprint density at radius 3 is 2.93 bits per heavy atom. The van der Waals surface area contributed by atoms with E-state index in [0.717, 1.165) is 32.2 Å². The Hall–Kier alpha value is -0.240. The third-order valence-corrected chi connectivity index (χ3v) is 3.23. The minimum absolute atomic E-state index is 0.307. The van der Waals surface area contributed by atoms with Crippen LogP contribution in [0.2, 0.25) is 0 Å². The average Bonchev–Trinajstić information content (AvgIpc) is 2.65. The molecule has 82 valence electrons. The highest BCUT2D eigenvalue weighted by atomic mass is 35.5. The zero-order chi connectivity index (χ0) is 10.4. The van der Waals surface area contributed by atoms with Crippen LogP contribution in [0.5, 0.6) is 0 Å². The first-order valence-corrected chi connectivity index (χ1v) is 6.18. The maximum Gasteiger partial charge on any atom is 0.222 e. The van der Waals surface area contributed by atoms with Crippen LogP contribution in [-0.4, -0.2) is 29.3 Å². The molecule has 1 aliphatic heterocycles. The summed E-state index contributed by atoms with van der Waals surface area (Å²) in [6.45, 7) is 3.07. The third kappa shape index (κ3) is 3.16. The normalized spacial score (nSPS) is 21.6. The number of unbranched alkanes of at least 4 members (excludes halogenated alkanes) is 2. The molecule has 14 heavy (non-hydrogen) atoms. The van der Waals surface area contributed by atoms with E-state index in [1.165, 1.54) is 6.42 Å². The largest absolute Gasteiger partial charge is 0.339 e. The van der Waals surface area contributed by atoms with Gasteiger partial charge in [-0.25, -0.2) is 0 Å². The summed E-state index contributed by atoms with van der Waals surface area (Å²) in [4.78, 5) is 13.7. The molecule has 1 unspecified atom stereocenters. The van der Waals surface area contributed by atoms with E-state index in [1.807, 2.05) is 4.90 Å². The topological polar surface area (TPSA) is 20.3 Å². The number of carbonyl (C=O) groups excluding carboxylic acids is 1. The van der Waals surface area contributed by atoms with Crippen molar-refractivity contribution in [2.75, 3.05) is 12.4 Å². The lowest BCUT2D eigenvalue weighted by molar-refractivity contribution is -0.131. The molecule has 1 aliphatic rings. The van der Waals surface area contributed by atoms with Gasteiger partial charge in [-0.1, -0.05) is 19.8 Å². The van der Waals surface area contributed by atoms with Crippen LogP contribution in [0, 0.1) is 0 Å². The fourth-order valence-corrected chi connectivity index (χ4v) is 2.32. The van der Waals surface area contributed by atoms with Gasteiger partial charge in [0.15, 0.2) is 0 Å². The highest BCUT2D eigenvalue weighted by Gasteiger charge is 2.26. The SMILES string of the molecule is CCCCCC(=O)N1CCCC1CCl. The molecule has 1 rings (SSSR count). The Bertz CT molecular complexity index is 184. The van der Waals surface area contributed by atoms with E-state index in [2.05, 4.69) is 6.92 Å². The van der Waals surface area contributed by atoms with Crippen LogP contribution in [0.15, 0.2) is 0 Å². The summed E-state index contributed by atoms with van der Waals surface area (Å²) in [5.41, 5.74) is 0. The third-order valence-electron chi connectivity index (χ3n) is 2.87. The molecular weight excluding hydrogens is 198 g/mol. The lowest BCUT2D eigenvalue weighted by Crippen LogP contribution is -2.36. The van der Waals surface area contributed by atoms with E-state index >= 15 is 0 Å². The number of amides is 1. The van der Waals surface area contributed by atoms with Crippen molar-refractivity contribution in [2.24, 2.45) is 0 Å². The first-order valence-electron chi connectivity index (χ1n) is 5.65. The van der Waals surface area contributed by atoms with Crippen LogP contribution >= 0.6 is 11.6 Å². The molecule has 2 nitrogen and oxygen atoms in total. The summed E-state index contributed by atoms with van der Waals surface area (Å²) in [6.07, 6.45) is 6.28. The number of halogens is 1. The predicted octanol–water partition coefficient (Wildman–Crippen LogP) is 2.80. The van der Waals surface area contributed by atoms with E-state index in [-0.39, 0.29) is 0 Å². The van der Waals surface area contributed by atoms with Crippen LogP contribution in [0.1, 0.15) is 45.4 Å². The zero-order valence-corrected chi connectivity index (χ0v) is 9.72. The van der Waals surface area contributed by atoms with Crippen LogP contribution in [0.4, 0.5) is 0 Å². The average molecular weight is 218 g/mol. The van der Waals surface area contributed by atoms with E-state index in [1.54, 1.807) is 0 Å². The number of rotatable bonds is 5. The lowest BCUT2D eigenvalue weighted by atomic mass is 10.2. The predicted molar refractivity (Wildman–Crippen MR) is 59.6 cm³/mol. The molecule has 0 N–H and O–H groups in total. The van der Waals surface area contributed by atoms with Crippen LogP contribution < -0.4 is 0 Å². The minimum Gasteiger partial charge on any atom is -0.339 e. The molecule has 0 saturated carbocycles. The van der Waals surface area contributed by atoms with E-state index < -0.39 is 0 Å². The van der Waals surface area contributed by atoms with Gasteiger partial charge in [0.1, 0.15) is 0 Å². The summed E-state index contributed by atoms with van der Waals surface area (Å²) in [7, 11) is 0. The monoisotopic (exact) mass is 217 g/mol. The molecule has 0 aromatic carbocycles. The fraction of sp³-hybridized carbons (Fsp3) is 0.909. The van der Waals surface area contributed by atoms with Crippen molar-refractivity contribution in [3.8, 4) is 0 Å². The van der Waals surface area contributed by atoms with Gasteiger partial charge < -0.3 is 4.90 Å². The second kappa shape index (κ2) is 6.28. The van der Waals surface area contributed by atoms with Crippen molar-refractivity contribution in [1.82, 2.24) is 4.90 Å². The van der Waals surface area contributed by atoms with Gasteiger partial charge in [0.2, 0.25) is 5.91 Å². The quantitative estimate of drug-likeness (QED) is 0.512. The van der Waals surface area contributed by atoms with Crippen molar-refractivity contribution in [2.45, 2.75) is 51.5 Å². The van der Waals surface area contributed by atoms with Crippen LogP contribution in [0.25, 0.3) is 0 Å². The summed E-state index contributed by atoms with van der Waals surface area (Å²) in [6, 6.07) is 0.311. The van der Waals surface area contributed by atoms with E-state index in [9.17, 15) is 4.79 Å². The summed E-state index contributed by atoms with van der Waals surface area (Å²) < 4.78 is 0. The second-order valence-corrected chi connectivity index (χ2v) is 4.30. The molecule has 1 heterocycles. The Kier molecular flexibility index (Phi) is 5.31. The van der Waals surface area contributed by atoms with Gasteiger partial charge >= 0.3 is 0 Å². The molecule has 1 fully saturated rings. The number of nitrogens with zero attached hydrogens (tertiary/aromatic N) is 1. The second-order valence-electron chi connectivity index (χ2n) is 3.99. The molecule has 0 aromatic heterocycles. The first kappa shape index (κ1) is 11.8. The molecule has 1 atom stereocenters. The maximum absolute atomic E-state index is 11.8. The van der Waals surface area contributed by atoms with Gasteiger partial charge in [-0.2, -0.15) is 0 Å². The molecule has 0 aliphatic carbocycles. The number of hydrogen-bond donors (Lipinski definition) is 0. The van der Waals surface area contributed by atoms with Crippen molar-refractivity contribution in [1.29, 1.82) is 0 Å². The minimum atomic E-state index is 0.307. The zero-order valence-electron chi connectivity index (χ0n) is 8.97. The molecule has 0 aromatic rings. The van der Waals surface area contributed by atoms with Crippen LogP contribution in [0.3, 0.4) is 0 Å². The van der Waals surface area contributed by atoms with Gasteiger partial charge in [-0.15, -0.1) is 11.6 Å². The molecule has 0 radical (unpaired) electrons. The Morgan fingerprint density at radius 2 is 2.29 bits per heavy atom. The molecule has 1 saturated heterocycles. The highest BCUT2D eigenvalue weighted by Crippen LogP contribution is 2.19. The van der Waals surface area contributed by atoms with Gasteiger partial charge in [0.25, 0.3) is 0 Å². The number of carbonyl (C=O) groups is 1. The van der Waals surface area contributed by atoms with Gasteiger partial charge in [0, 0.05) is 24.9 Å². The van der Waals surface area contributed by atoms with E-state index in [4.69, 9.17) is 11.6 Å². The summed E-state index contributed by atoms with van der Waals surface area (Å²) in [5.74, 6) is 0.904. The maximum atomic E-state index is 11.8. The van der Waals surface area contributed by atoms with Crippen molar-refractivity contribution in [3.63, 3.8) is 0 Å². The van der Waals surface area contributed by atoms with Crippen molar-refractivity contribution < 1.29 is 4.79 Å². The number of alkyl halides is 1. The number of likely N-dealkylation sites (tertiary alicyclic amines) is 1. The molecule has 1 amide bonds. The lowest BCUT2D eigenvalue weighted by Gasteiger charge is -2.22. The molecule has 0 bridgehead atoms. The van der Waals surface area contributed by atoms with Gasteiger partial charge in [-0.05, 0) is 19.3 Å². The fourth-order valence-electron chi connectivity index (χ4n) is 1.99. The Balaban J connectivity index is 2.28. The van der Waals surface area contributed by atoms with Crippen LogP contribution in [-0.2, 0) is 4.79 Å². The smallest absolute Gasteiger partial charge is 0.222 e. The Morgan fingerprint density at radius 1 is 1.50 bits per heavy atom.